The van der Waals surface area contributed by atoms with Gasteiger partial charge in [-0.15, -0.1) is 11.3 Å². The van der Waals surface area contributed by atoms with Crippen molar-refractivity contribution >= 4 is 27.5 Å². The first-order valence-corrected chi connectivity index (χ1v) is 10.6. The minimum atomic E-state index is 0.162. The van der Waals surface area contributed by atoms with Crippen molar-refractivity contribution in [1.29, 1.82) is 0 Å². The molecule has 2 aromatic rings. The first kappa shape index (κ1) is 17.0. The number of aromatic nitrogens is 2. The largest absolute Gasteiger partial charge is 0.354 e. The van der Waals surface area contributed by atoms with Crippen LogP contribution in [0.1, 0.15) is 49.5 Å². The Morgan fingerprint density at radius 3 is 2.72 bits per heavy atom. The van der Waals surface area contributed by atoms with Gasteiger partial charge in [-0.05, 0) is 63.6 Å². The first-order valence-electron chi connectivity index (χ1n) is 9.79. The maximum absolute atomic E-state index is 13.2. The van der Waals surface area contributed by atoms with Gasteiger partial charge in [0.15, 0.2) is 0 Å². The van der Waals surface area contributed by atoms with Crippen LogP contribution in [0.5, 0.6) is 0 Å². The lowest BCUT2D eigenvalue weighted by molar-refractivity contribution is 0.352. The van der Waals surface area contributed by atoms with Crippen molar-refractivity contribution in [1.82, 2.24) is 14.5 Å². The van der Waals surface area contributed by atoms with E-state index in [4.69, 9.17) is 4.98 Å². The van der Waals surface area contributed by atoms with Crippen LogP contribution < -0.4 is 10.9 Å². The Labute approximate surface area is 153 Å². The molecule has 0 aromatic carbocycles. The number of fused-ring (bicyclic) bond motifs is 3. The molecule has 0 atom stereocenters. The molecule has 0 amide bonds. The summed E-state index contributed by atoms with van der Waals surface area (Å²) in [4.78, 5) is 22.9. The maximum atomic E-state index is 13.2. The van der Waals surface area contributed by atoms with E-state index in [1.54, 1.807) is 11.3 Å². The fourth-order valence-electron chi connectivity index (χ4n) is 4.14. The molecule has 0 unspecified atom stereocenters. The van der Waals surface area contributed by atoms with E-state index >= 15 is 0 Å². The summed E-state index contributed by atoms with van der Waals surface area (Å²) in [6, 6.07) is 0. The molecule has 0 radical (unpaired) electrons. The molecule has 25 heavy (non-hydrogen) atoms. The second-order valence-corrected chi connectivity index (χ2v) is 8.34. The molecular formula is C19H28N4OS. The third-order valence-electron chi connectivity index (χ3n) is 5.43. The highest BCUT2D eigenvalue weighted by Gasteiger charge is 2.22. The number of nitrogens with one attached hydrogen (secondary N) is 1. The van der Waals surface area contributed by atoms with Gasteiger partial charge in [0.2, 0.25) is 5.95 Å². The minimum absolute atomic E-state index is 0.162. The van der Waals surface area contributed by atoms with Crippen LogP contribution in [-0.4, -0.2) is 40.6 Å². The van der Waals surface area contributed by atoms with E-state index in [9.17, 15) is 4.79 Å². The summed E-state index contributed by atoms with van der Waals surface area (Å²) in [5, 5.41) is 4.36. The summed E-state index contributed by atoms with van der Waals surface area (Å²) in [7, 11) is 0. The van der Waals surface area contributed by atoms with Crippen LogP contribution in [0.25, 0.3) is 10.2 Å². The van der Waals surface area contributed by atoms with Crippen molar-refractivity contribution in [3.8, 4) is 0 Å². The summed E-state index contributed by atoms with van der Waals surface area (Å²) in [5.41, 5.74) is 1.45. The Morgan fingerprint density at radius 2 is 1.92 bits per heavy atom. The Morgan fingerprint density at radius 1 is 1.12 bits per heavy atom. The summed E-state index contributed by atoms with van der Waals surface area (Å²) < 4.78 is 1.87. The van der Waals surface area contributed by atoms with Gasteiger partial charge in [-0.25, -0.2) is 4.98 Å². The zero-order valence-electron chi connectivity index (χ0n) is 15.1. The van der Waals surface area contributed by atoms with Crippen molar-refractivity contribution in [3.63, 3.8) is 0 Å². The van der Waals surface area contributed by atoms with Crippen molar-refractivity contribution < 1.29 is 0 Å². The van der Waals surface area contributed by atoms with E-state index < -0.39 is 0 Å². The highest BCUT2D eigenvalue weighted by atomic mass is 32.1. The van der Waals surface area contributed by atoms with E-state index in [1.807, 2.05) is 4.57 Å². The van der Waals surface area contributed by atoms with Gasteiger partial charge in [0.1, 0.15) is 4.83 Å². The third-order valence-corrected chi connectivity index (χ3v) is 6.62. The average Bonchev–Trinajstić information content (AvgIpc) is 3.25. The van der Waals surface area contributed by atoms with Crippen molar-refractivity contribution in [2.24, 2.45) is 0 Å². The summed E-state index contributed by atoms with van der Waals surface area (Å²) in [6.07, 6.45) is 8.16. The third kappa shape index (κ3) is 3.34. The highest BCUT2D eigenvalue weighted by Crippen LogP contribution is 2.34. The van der Waals surface area contributed by atoms with Crippen molar-refractivity contribution in [2.75, 3.05) is 31.5 Å². The number of thiophene rings is 1. The van der Waals surface area contributed by atoms with Gasteiger partial charge in [-0.2, -0.15) is 0 Å². The summed E-state index contributed by atoms with van der Waals surface area (Å²) in [6.45, 7) is 7.14. The second-order valence-electron chi connectivity index (χ2n) is 7.26. The van der Waals surface area contributed by atoms with Gasteiger partial charge in [-0.1, -0.05) is 6.92 Å². The molecule has 1 aliphatic heterocycles. The topological polar surface area (TPSA) is 50.2 Å². The molecule has 2 aromatic heterocycles. The van der Waals surface area contributed by atoms with E-state index in [0.717, 1.165) is 55.1 Å². The molecule has 1 aliphatic carbocycles. The summed E-state index contributed by atoms with van der Waals surface area (Å²) >= 11 is 1.74. The first-order chi connectivity index (χ1) is 12.3. The number of hydrogen-bond acceptors (Lipinski definition) is 5. The van der Waals surface area contributed by atoms with Crippen LogP contribution in [0.15, 0.2) is 4.79 Å². The number of likely N-dealkylation sites (tertiary alicyclic amines) is 1. The van der Waals surface area contributed by atoms with Gasteiger partial charge in [0.05, 0.1) is 5.39 Å². The average molecular weight is 361 g/mol. The highest BCUT2D eigenvalue weighted by molar-refractivity contribution is 7.18. The van der Waals surface area contributed by atoms with Gasteiger partial charge in [-0.3, -0.25) is 9.36 Å². The van der Waals surface area contributed by atoms with Crippen LogP contribution in [0.2, 0.25) is 0 Å². The zero-order valence-corrected chi connectivity index (χ0v) is 16.0. The molecule has 1 saturated heterocycles. The number of hydrogen-bond donors (Lipinski definition) is 1. The van der Waals surface area contributed by atoms with Crippen molar-refractivity contribution in [2.45, 2.75) is 58.4 Å². The van der Waals surface area contributed by atoms with Crippen LogP contribution in [0, 0.1) is 0 Å². The SMILES string of the molecule is CCCn1c(NCCN2CCCC2)nc2sc3c(c2c1=O)CCCC3. The smallest absolute Gasteiger partial charge is 0.263 e. The van der Waals surface area contributed by atoms with E-state index in [2.05, 4.69) is 17.1 Å². The monoisotopic (exact) mass is 360 g/mol. The van der Waals surface area contributed by atoms with E-state index in [-0.39, 0.29) is 5.56 Å². The molecule has 4 rings (SSSR count). The molecule has 0 saturated carbocycles. The number of anilines is 1. The fraction of sp³-hybridized carbons (Fsp3) is 0.684. The van der Waals surface area contributed by atoms with E-state index in [1.165, 1.54) is 49.2 Å². The predicted molar refractivity (Wildman–Crippen MR) is 105 cm³/mol. The zero-order chi connectivity index (χ0) is 17.2. The molecule has 1 N–H and O–H groups in total. The van der Waals surface area contributed by atoms with Gasteiger partial charge in [0, 0.05) is 24.5 Å². The standard InChI is InChI=1S/C19H28N4OS/c1-2-10-23-18(24)16-14-7-3-4-8-15(14)25-17(16)21-19(23)20-9-13-22-11-5-6-12-22/h2-13H2,1H3,(H,20,21). The maximum Gasteiger partial charge on any atom is 0.263 e. The second kappa shape index (κ2) is 7.46. The normalized spacial score (nSPS) is 18.0. The Hall–Kier alpha value is -1.40. The Bertz CT molecular complexity index is 804. The van der Waals surface area contributed by atoms with Crippen molar-refractivity contribution in [3.05, 3.63) is 20.8 Å². The van der Waals surface area contributed by atoms with Crippen LogP contribution >= 0.6 is 11.3 Å². The lowest BCUT2D eigenvalue weighted by Crippen LogP contribution is -2.30. The Kier molecular flexibility index (Phi) is 5.08. The molecule has 0 spiro atoms. The molecule has 5 nitrogen and oxygen atoms in total. The summed E-state index contributed by atoms with van der Waals surface area (Å²) in [5.74, 6) is 0.761. The minimum Gasteiger partial charge on any atom is -0.354 e. The van der Waals surface area contributed by atoms with Gasteiger partial charge in [0.25, 0.3) is 5.56 Å². The predicted octanol–water partition coefficient (Wildman–Crippen LogP) is 3.25. The molecular weight excluding hydrogens is 332 g/mol. The molecule has 2 aliphatic rings. The lowest BCUT2D eigenvalue weighted by atomic mass is 9.97. The van der Waals surface area contributed by atoms with Crippen LogP contribution in [-0.2, 0) is 19.4 Å². The van der Waals surface area contributed by atoms with Gasteiger partial charge >= 0.3 is 0 Å². The molecule has 3 heterocycles. The number of aryl methyl sites for hydroxylation is 2. The lowest BCUT2D eigenvalue weighted by Gasteiger charge is -2.17. The molecule has 1 fully saturated rings. The van der Waals surface area contributed by atoms with Gasteiger partial charge < -0.3 is 10.2 Å². The van der Waals surface area contributed by atoms with Crippen LogP contribution in [0.4, 0.5) is 5.95 Å². The molecule has 136 valence electrons. The Balaban J connectivity index is 1.64. The quantitative estimate of drug-likeness (QED) is 0.859. The molecule has 0 bridgehead atoms. The fourth-order valence-corrected chi connectivity index (χ4v) is 5.39. The van der Waals surface area contributed by atoms with E-state index in [0.29, 0.717) is 0 Å². The number of rotatable bonds is 6. The molecule has 6 heteroatoms. The van der Waals surface area contributed by atoms with Crippen LogP contribution in [0.3, 0.4) is 0 Å². The number of nitrogens with zero attached hydrogens (tertiary/aromatic N) is 3.